The lowest BCUT2D eigenvalue weighted by Gasteiger charge is -2.30. The van der Waals surface area contributed by atoms with Crippen LogP contribution in [0.15, 0.2) is 30.3 Å². The molecular formula is C23H38N2O5. The summed E-state index contributed by atoms with van der Waals surface area (Å²) in [6, 6.07) is 9.19. The van der Waals surface area contributed by atoms with E-state index in [4.69, 9.17) is 9.47 Å². The van der Waals surface area contributed by atoms with Crippen molar-refractivity contribution in [2.45, 2.75) is 72.1 Å². The Balaban J connectivity index is 2.75. The minimum atomic E-state index is -0.621. The Hall–Kier alpha value is -2.28. The molecule has 2 N–H and O–H groups in total. The van der Waals surface area contributed by atoms with Gasteiger partial charge in [0, 0.05) is 25.7 Å². The number of carbonyl (C=O) groups excluding carboxylic acids is 2. The third kappa shape index (κ3) is 11.7. The summed E-state index contributed by atoms with van der Waals surface area (Å²) in [5.74, 6) is 0.460. The molecule has 0 bridgehead atoms. The van der Waals surface area contributed by atoms with E-state index in [-0.39, 0.29) is 19.3 Å². The molecule has 7 nitrogen and oxygen atoms in total. The Morgan fingerprint density at radius 1 is 1.13 bits per heavy atom. The molecule has 1 rings (SSSR count). The number of nitrogens with one attached hydrogen (secondary N) is 1. The van der Waals surface area contributed by atoms with Gasteiger partial charge in [-0.1, -0.05) is 44.2 Å². The number of ether oxygens (including phenoxy) is 2. The Kier molecular flexibility index (Phi) is 11.3. The number of amides is 2. The topological polar surface area (TPSA) is 88.1 Å². The van der Waals surface area contributed by atoms with Crippen molar-refractivity contribution >= 4 is 12.2 Å². The summed E-state index contributed by atoms with van der Waals surface area (Å²) in [6.45, 7) is 10.5. The highest BCUT2D eigenvalue weighted by Crippen LogP contribution is 2.14. The lowest BCUT2D eigenvalue weighted by molar-refractivity contribution is 0.0216. The molecule has 0 saturated carbocycles. The molecule has 7 heteroatoms. The van der Waals surface area contributed by atoms with Crippen molar-refractivity contribution in [3.8, 4) is 0 Å². The smallest absolute Gasteiger partial charge is 0.410 e. The third-order valence-electron chi connectivity index (χ3n) is 4.31. The van der Waals surface area contributed by atoms with Crippen molar-refractivity contribution in [3.63, 3.8) is 0 Å². The molecule has 0 heterocycles. The summed E-state index contributed by atoms with van der Waals surface area (Å²) < 4.78 is 10.8. The molecule has 0 spiro atoms. The zero-order valence-electron chi connectivity index (χ0n) is 19.0. The summed E-state index contributed by atoms with van der Waals surface area (Å²) in [5.41, 5.74) is 0.286. The number of carbonyl (C=O) groups is 2. The van der Waals surface area contributed by atoms with Gasteiger partial charge in [0.05, 0.1) is 0 Å². The molecule has 1 aromatic rings. The van der Waals surface area contributed by atoms with Gasteiger partial charge in [0.25, 0.3) is 0 Å². The maximum absolute atomic E-state index is 12.6. The van der Waals surface area contributed by atoms with Crippen molar-refractivity contribution in [1.82, 2.24) is 10.2 Å². The van der Waals surface area contributed by atoms with Crippen LogP contribution in [0.25, 0.3) is 0 Å². The number of hydrogen-bond acceptors (Lipinski definition) is 5. The zero-order valence-corrected chi connectivity index (χ0v) is 19.0. The molecule has 0 aliphatic heterocycles. The SMILES string of the molecule is CC(C)CCC(CN(CCCO)C(=O)OC(C)(C)C)NC(=O)OCc1ccccc1. The molecule has 1 aromatic carbocycles. The van der Waals surface area contributed by atoms with E-state index in [1.807, 2.05) is 51.1 Å². The molecule has 0 aliphatic rings. The Morgan fingerprint density at radius 3 is 2.37 bits per heavy atom. The zero-order chi connectivity index (χ0) is 22.6. The van der Waals surface area contributed by atoms with Gasteiger partial charge >= 0.3 is 12.2 Å². The number of alkyl carbamates (subject to hydrolysis) is 1. The van der Waals surface area contributed by atoms with Crippen LogP contribution in [0.4, 0.5) is 9.59 Å². The second-order valence-corrected chi connectivity index (χ2v) is 8.88. The van der Waals surface area contributed by atoms with Gasteiger partial charge in [0.15, 0.2) is 0 Å². The minimum Gasteiger partial charge on any atom is -0.445 e. The van der Waals surface area contributed by atoms with E-state index in [0.717, 1.165) is 12.0 Å². The number of rotatable bonds is 11. The van der Waals surface area contributed by atoms with Gasteiger partial charge in [-0.15, -0.1) is 0 Å². The monoisotopic (exact) mass is 422 g/mol. The van der Waals surface area contributed by atoms with Gasteiger partial charge in [-0.2, -0.15) is 0 Å². The summed E-state index contributed by atoms with van der Waals surface area (Å²) >= 11 is 0. The fourth-order valence-corrected chi connectivity index (χ4v) is 2.79. The largest absolute Gasteiger partial charge is 0.445 e. The average molecular weight is 423 g/mol. The first-order chi connectivity index (χ1) is 14.1. The molecule has 0 fully saturated rings. The van der Waals surface area contributed by atoms with Gasteiger partial charge in [-0.3, -0.25) is 0 Å². The molecule has 0 saturated heterocycles. The van der Waals surface area contributed by atoms with Crippen LogP contribution in [0.1, 0.15) is 59.4 Å². The lowest BCUT2D eigenvalue weighted by atomic mass is 10.0. The predicted molar refractivity (Wildman–Crippen MR) is 117 cm³/mol. The predicted octanol–water partition coefficient (Wildman–Crippen LogP) is 4.34. The van der Waals surface area contributed by atoms with Crippen LogP contribution in [0, 0.1) is 5.92 Å². The number of aliphatic hydroxyl groups is 1. The number of aliphatic hydroxyl groups excluding tert-OH is 1. The fourth-order valence-electron chi connectivity index (χ4n) is 2.79. The maximum Gasteiger partial charge on any atom is 0.410 e. The van der Waals surface area contributed by atoms with Crippen LogP contribution < -0.4 is 5.32 Å². The Bertz CT molecular complexity index is 628. The van der Waals surface area contributed by atoms with E-state index in [1.165, 1.54) is 0 Å². The van der Waals surface area contributed by atoms with Crippen molar-refractivity contribution < 1.29 is 24.2 Å². The maximum atomic E-state index is 12.6. The highest BCUT2D eigenvalue weighted by Gasteiger charge is 2.25. The van der Waals surface area contributed by atoms with Crippen molar-refractivity contribution in [3.05, 3.63) is 35.9 Å². The molecule has 0 aromatic heterocycles. The van der Waals surface area contributed by atoms with Gasteiger partial charge in [0.2, 0.25) is 0 Å². The first-order valence-corrected chi connectivity index (χ1v) is 10.7. The van der Waals surface area contributed by atoms with Crippen molar-refractivity contribution in [2.24, 2.45) is 5.92 Å². The summed E-state index contributed by atoms with van der Waals surface area (Å²) in [6.07, 6.45) is 1.07. The second-order valence-electron chi connectivity index (χ2n) is 8.88. The van der Waals surface area contributed by atoms with E-state index in [2.05, 4.69) is 19.2 Å². The average Bonchev–Trinajstić information content (AvgIpc) is 2.66. The van der Waals surface area contributed by atoms with Gasteiger partial charge in [0.1, 0.15) is 12.2 Å². The van der Waals surface area contributed by atoms with Crippen molar-refractivity contribution in [1.29, 1.82) is 0 Å². The molecule has 30 heavy (non-hydrogen) atoms. The van der Waals surface area contributed by atoms with Crippen LogP contribution in [-0.4, -0.2) is 53.5 Å². The molecule has 1 atom stereocenters. The second kappa shape index (κ2) is 13.1. The standard InChI is InChI=1S/C23H38N2O5/c1-18(2)12-13-20(24-21(27)29-17-19-10-7-6-8-11-19)16-25(14-9-15-26)22(28)30-23(3,4)5/h6-8,10-11,18,20,26H,9,12-17H2,1-5H3,(H,24,27). The molecule has 0 aliphatic carbocycles. The van der Waals surface area contributed by atoms with Crippen LogP contribution in [-0.2, 0) is 16.1 Å². The van der Waals surface area contributed by atoms with Crippen LogP contribution in [0.2, 0.25) is 0 Å². The summed E-state index contributed by atoms with van der Waals surface area (Å²) in [4.78, 5) is 26.5. The molecule has 0 radical (unpaired) electrons. The number of hydrogen-bond donors (Lipinski definition) is 2. The normalized spacial score (nSPS) is 12.4. The van der Waals surface area contributed by atoms with E-state index in [1.54, 1.807) is 4.90 Å². The van der Waals surface area contributed by atoms with Crippen LogP contribution >= 0.6 is 0 Å². The molecule has 2 amide bonds. The van der Waals surface area contributed by atoms with E-state index < -0.39 is 17.8 Å². The molecular weight excluding hydrogens is 384 g/mol. The highest BCUT2D eigenvalue weighted by atomic mass is 16.6. The number of nitrogens with zero attached hydrogens (tertiary/aromatic N) is 1. The lowest BCUT2D eigenvalue weighted by Crippen LogP contribution is -2.47. The molecule has 170 valence electrons. The van der Waals surface area contributed by atoms with Gasteiger partial charge < -0.3 is 24.8 Å². The highest BCUT2D eigenvalue weighted by molar-refractivity contribution is 5.69. The third-order valence-corrected chi connectivity index (χ3v) is 4.31. The Labute approximate surface area is 180 Å². The quantitative estimate of drug-likeness (QED) is 0.554. The first-order valence-electron chi connectivity index (χ1n) is 10.7. The first kappa shape index (κ1) is 25.8. The van der Waals surface area contributed by atoms with E-state index >= 15 is 0 Å². The number of benzene rings is 1. The van der Waals surface area contributed by atoms with Crippen LogP contribution in [0.5, 0.6) is 0 Å². The Morgan fingerprint density at radius 2 is 1.80 bits per heavy atom. The minimum absolute atomic E-state index is 0.0253. The van der Waals surface area contributed by atoms with Gasteiger partial charge in [-0.05, 0) is 51.5 Å². The van der Waals surface area contributed by atoms with E-state index in [9.17, 15) is 14.7 Å². The van der Waals surface area contributed by atoms with Crippen molar-refractivity contribution in [2.75, 3.05) is 19.7 Å². The summed E-state index contributed by atoms with van der Waals surface area (Å²) in [7, 11) is 0. The molecule has 1 unspecified atom stereocenters. The van der Waals surface area contributed by atoms with Crippen LogP contribution in [0.3, 0.4) is 0 Å². The summed E-state index contributed by atoms with van der Waals surface area (Å²) in [5, 5.41) is 12.1. The fraction of sp³-hybridized carbons (Fsp3) is 0.652. The van der Waals surface area contributed by atoms with E-state index in [0.29, 0.717) is 31.8 Å². The van der Waals surface area contributed by atoms with Gasteiger partial charge in [-0.25, -0.2) is 9.59 Å².